The second kappa shape index (κ2) is 9.65. The number of carbonyl (C=O) groups excluding carboxylic acids is 1. The van der Waals surface area contributed by atoms with Crippen LogP contribution in [0.3, 0.4) is 0 Å². The Morgan fingerprint density at radius 3 is 2.34 bits per heavy atom. The molecule has 0 aliphatic rings. The maximum absolute atomic E-state index is 12.7. The lowest BCUT2D eigenvalue weighted by Gasteiger charge is -2.12. The van der Waals surface area contributed by atoms with E-state index in [1.165, 1.54) is 0 Å². The van der Waals surface area contributed by atoms with E-state index in [0.29, 0.717) is 22.9 Å². The van der Waals surface area contributed by atoms with Crippen molar-refractivity contribution in [2.75, 3.05) is 17.7 Å². The molecule has 4 aromatic carbocycles. The molecule has 2 N–H and O–H groups in total. The zero-order valence-corrected chi connectivity index (χ0v) is 19.4. The topological polar surface area (TPSA) is 76.1 Å². The Bertz CT molecular complexity index is 1500. The molecule has 0 saturated heterocycles. The molecule has 0 aliphatic heterocycles. The van der Waals surface area contributed by atoms with Gasteiger partial charge in [0, 0.05) is 22.2 Å². The molecule has 6 heteroatoms. The molecule has 5 aromatic rings. The molecule has 1 heterocycles. The largest absolute Gasteiger partial charge is 0.495 e. The minimum absolute atomic E-state index is 0.218. The first-order valence-corrected chi connectivity index (χ1v) is 11.3. The molecule has 35 heavy (non-hydrogen) atoms. The summed E-state index contributed by atoms with van der Waals surface area (Å²) in [6.07, 6.45) is 0. The molecule has 0 saturated carbocycles. The maximum atomic E-state index is 12.7. The van der Waals surface area contributed by atoms with Crippen molar-refractivity contribution in [3.05, 3.63) is 108 Å². The average Bonchev–Trinajstić information content (AvgIpc) is 2.89. The summed E-state index contributed by atoms with van der Waals surface area (Å²) in [7, 11) is 1.57. The lowest BCUT2D eigenvalue weighted by atomic mass is 10.0. The van der Waals surface area contributed by atoms with Crippen molar-refractivity contribution >= 4 is 34.1 Å². The van der Waals surface area contributed by atoms with Gasteiger partial charge in [-0.2, -0.15) is 0 Å². The summed E-state index contributed by atoms with van der Waals surface area (Å²) in [5, 5.41) is 7.17. The summed E-state index contributed by atoms with van der Waals surface area (Å²) in [5.41, 5.74) is 5.84. The van der Waals surface area contributed by atoms with Gasteiger partial charge < -0.3 is 15.4 Å². The van der Waals surface area contributed by atoms with Crippen LogP contribution in [-0.2, 0) is 0 Å². The van der Waals surface area contributed by atoms with Gasteiger partial charge in [0.25, 0.3) is 5.91 Å². The molecule has 0 unspecified atom stereocenters. The van der Waals surface area contributed by atoms with Gasteiger partial charge in [0.2, 0.25) is 5.95 Å². The van der Waals surface area contributed by atoms with E-state index in [2.05, 4.69) is 23.6 Å². The van der Waals surface area contributed by atoms with Gasteiger partial charge in [-0.3, -0.25) is 4.79 Å². The number of methoxy groups -OCH3 is 1. The minimum atomic E-state index is -0.218. The smallest absolute Gasteiger partial charge is 0.255 e. The van der Waals surface area contributed by atoms with Gasteiger partial charge >= 0.3 is 0 Å². The fraction of sp³-hybridized carbons (Fsp3) is 0.0690. The zero-order chi connectivity index (χ0) is 24.2. The van der Waals surface area contributed by atoms with E-state index in [9.17, 15) is 4.79 Å². The summed E-state index contributed by atoms with van der Waals surface area (Å²) in [6, 6.07) is 30.7. The number of para-hydroxylation sites is 2. The van der Waals surface area contributed by atoms with Crippen LogP contribution in [-0.4, -0.2) is 23.0 Å². The molecule has 1 aromatic heterocycles. The molecule has 0 radical (unpaired) electrons. The summed E-state index contributed by atoms with van der Waals surface area (Å²) in [5.74, 6) is 0.883. The molecule has 0 atom stereocenters. The molecule has 6 nitrogen and oxygen atoms in total. The first-order chi connectivity index (χ1) is 17.1. The van der Waals surface area contributed by atoms with E-state index in [1.54, 1.807) is 31.4 Å². The quantitative estimate of drug-likeness (QED) is 0.298. The van der Waals surface area contributed by atoms with Gasteiger partial charge in [-0.15, -0.1) is 0 Å². The number of anilines is 3. The van der Waals surface area contributed by atoms with E-state index in [4.69, 9.17) is 14.7 Å². The summed E-state index contributed by atoms with van der Waals surface area (Å²) < 4.78 is 5.31. The number of aryl methyl sites for hydroxylation is 1. The van der Waals surface area contributed by atoms with Crippen LogP contribution in [0, 0.1) is 6.92 Å². The van der Waals surface area contributed by atoms with Gasteiger partial charge in [0.1, 0.15) is 5.75 Å². The highest BCUT2D eigenvalue weighted by atomic mass is 16.5. The van der Waals surface area contributed by atoms with Crippen LogP contribution in [0.15, 0.2) is 97.1 Å². The third-order valence-corrected chi connectivity index (χ3v) is 5.66. The van der Waals surface area contributed by atoms with Crippen molar-refractivity contribution in [1.29, 1.82) is 0 Å². The van der Waals surface area contributed by atoms with Gasteiger partial charge in [-0.05, 0) is 55.5 Å². The van der Waals surface area contributed by atoms with Gasteiger partial charge in [-0.25, -0.2) is 9.97 Å². The van der Waals surface area contributed by atoms with Crippen LogP contribution >= 0.6 is 0 Å². The minimum Gasteiger partial charge on any atom is -0.495 e. The van der Waals surface area contributed by atoms with Crippen LogP contribution in [0.4, 0.5) is 17.3 Å². The second-order valence-electron chi connectivity index (χ2n) is 8.14. The molecule has 172 valence electrons. The van der Waals surface area contributed by atoms with E-state index >= 15 is 0 Å². The second-order valence-corrected chi connectivity index (χ2v) is 8.14. The third kappa shape index (κ3) is 4.82. The maximum Gasteiger partial charge on any atom is 0.255 e. The molecule has 1 amide bonds. The van der Waals surface area contributed by atoms with E-state index in [0.717, 1.165) is 33.4 Å². The number of hydrogen-bond donors (Lipinski definition) is 2. The monoisotopic (exact) mass is 460 g/mol. The number of amides is 1. The molecular formula is C29H24N4O2. The Kier molecular flexibility index (Phi) is 6.09. The van der Waals surface area contributed by atoms with Gasteiger partial charge in [0.15, 0.2) is 0 Å². The van der Waals surface area contributed by atoms with E-state index in [1.807, 2.05) is 66.7 Å². The first-order valence-electron chi connectivity index (χ1n) is 11.3. The highest BCUT2D eigenvalue weighted by Crippen LogP contribution is 2.29. The van der Waals surface area contributed by atoms with Crippen molar-refractivity contribution in [1.82, 2.24) is 9.97 Å². The van der Waals surface area contributed by atoms with Crippen LogP contribution in [0.5, 0.6) is 5.75 Å². The number of ether oxygens (including phenoxy) is 1. The fourth-order valence-corrected chi connectivity index (χ4v) is 3.89. The summed E-state index contributed by atoms with van der Waals surface area (Å²) in [6.45, 7) is 2.06. The van der Waals surface area contributed by atoms with Crippen LogP contribution in [0.1, 0.15) is 15.9 Å². The lowest BCUT2D eigenvalue weighted by Crippen LogP contribution is -2.12. The van der Waals surface area contributed by atoms with Crippen molar-refractivity contribution in [2.24, 2.45) is 0 Å². The van der Waals surface area contributed by atoms with Crippen LogP contribution in [0.25, 0.3) is 22.2 Å². The Morgan fingerprint density at radius 2 is 1.57 bits per heavy atom. The van der Waals surface area contributed by atoms with Crippen molar-refractivity contribution in [2.45, 2.75) is 6.92 Å². The highest BCUT2D eigenvalue weighted by molar-refractivity contribution is 6.05. The third-order valence-electron chi connectivity index (χ3n) is 5.66. The Balaban J connectivity index is 1.40. The molecule has 0 spiro atoms. The van der Waals surface area contributed by atoms with Crippen molar-refractivity contribution in [3.63, 3.8) is 0 Å². The van der Waals surface area contributed by atoms with E-state index in [-0.39, 0.29) is 5.91 Å². The van der Waals surface area contributed by atoms with Crippen LogP contribution in [0.2, 0.25) is 0 Å². The number of carbonyl (C=O) groups is 1. The van der Waals surface area contributed by atoms with Crippen molar-refractivity contribution < 1.29 is 9.53 Å². The lowest BCUT2D eigenvalue weighted by molar-refractivity contribution is 0.102. The van der Waals surface area contributed by atoms with Crippen LogP contribution < -0.4 is 15.4 Å². The number of fused-ring (bicyclic) bond motifs is 1. The van der Waals surface area contributed by atoms with Gasteiger partial charge in [0.05, 0.1) is 24.0 Å². The molecular weight excluding hydrogens is 436 g/mol. The molecule has 0 bridgehead atoms. The SMILES string of the molecule is COc1ccccc1NC(=O)c1ccc(Nc2nc(-c3ccccc3)c3cc(C)ccc3n2)cc1. The number of nitrogens with one attached hydrogen (secondary N) is 2. The molecule has 5 rings (SSSR count). The number of hydrogen-bond acceptors (Lipinski definition) is 5. The standard InChI is InChI=1S/C29H24N4O2/c1-19-12-17-24-23(18-19)27(20-8-4-3-5-9-20)33-29(32-24)30-22-15-13-21(14-16-22)28(34)31-25-10-6-7-11-26(25)35-2/h3-18H,1-2H3,(H,31,34)(H,30,32,33). The summed E-state index contributed by atoms with van der Waals surface area (Å²) in [4.78, 5) is 22.3. The number of benzene rings is 4. The summed E-state index contributed by atoms with van der Waals surface area (Å²) >= 11 is 0. The zero-order valence-electron chi connectivity index (χ0n) is 19.4. The fourth-order valence-electron chi connectivity index (χ4n) is 3.89. The Labute approximate surface area is 203 Å². The highest BCUT2D eigenvalue weighted by Gasteiger charge is 2.12. The molecule has 0 aliphatic carbocycles. The van der Waals surface area contributed by atoms with E-state index < -0.39 is 0 Å². The van der Waals surface area contributed by atoms with Crippen molar-refractivity contribution in [3.8, 4) is 17.0 Å². The Hall–Kier alpha value is -4.71. The molecule has 0 fully saturated rings. The predicted molar refractivity (Wildman–Crippen MR) is 140 cm³/mol. The normalized spacial score (nSPS) is 10.7. The first kappa shape index (κ1) is 22.1. The predicted octanol–water partition coefficient (Wildman–Crippen LogP) is 6.61. The van der Waals surface area contributed by atoms with Gasteiger partial charge in [-0.1, -0.05) is 54.1 Å². The number of nitrogens with zero attached hydrogens (tertiary/aromatic N) is 2. The Morgan fingerprint density at radius 1 is 0.829 bits per heavy atom. The number of rotatable bonds is 6. The average molecular weight is 461 g/mol. The number of aromatic nitrogens is 2.